The summed E-state index contributed by atoms with van der Waals surface area (Å²) in [4.78, 5) is 8.30. The van der Waals surface area contributed by atoms with Crippen molar-refractivity contribution in [2.24, 2.45) is 0 Å². The minimum Gasteiger partial charge on any atom is -0.316 e. The number of aromatic nitrogens is 2. The zero-order chi connectivity index (χ0) is 9.10. The summed E-state index contributed by atoms with van der Waals surface area (Å²) < 4.78 is 0. The van der Waals surface area contributed by atoms with Crippen LogP contribution in [0.5, 0.6) is 0 Å². The monoisotopic (exact) mass is 197 g/mol. The van der Waals surface area contributed by atoms with Crippen molar-refractivity contribution in [2.75, 3.05) is 13.1 Å². The van der Waals surface area contributed by atoms with Gasteiger partial charge in [-0.15, -0.1) is 0 Å². The molecule has 1 unspecified atom stereocenters. The lowest BCUT2D eigenvalue weighted by Crippen LogP contribution is -2.28. The van der Waals surface area contributed by atoms with Crippen molar-refractivity contribution in [3.8, 4) is 0 Å². The van der Waals surface area contributed by atoms with E-state index in [-0.39, 0.29) is 0 Å². The zero-order valence-corrected chi connectivity index (χ0v) is 8.09. The van der Waals surface area contributed by atoms with E-state index in [4.69, 9.17) is 11.6 Å². The molecule has 1 aromatic rings. The maximum Gasteiger partial charge on any atom is 0.147 e. The number of piperidine rings is 1. The Hall–Kier alpha value is -0.670. The van der Waals surface area contributed by atoms with Gasteiger partial charge in [0, 0.05) is 12.5 Å². The average molecular weight is 198 g/mol. The fourth-order valence-electron chi connectivity index (χ4n) is 1.64. The molecule has 0 saturated carbocycles. The molecule has 2 rings (SSSR count). The summed E-state index contributed by atoms with van der Waals surface area (Å²) in [6.45, 7) is 2.13. The van der Waals surface area contributed by atoms with Crippen LogP contribution >= 0.6 is 11.6 Å². The number of halogens is 1. The quantitative estimate of drug-likeness (QED) is 0.743. The molecule has 1 aliphatic rings. The Balaban J connectivity index is 2.10. The van der Waals surface area contributed by atoms with E-state index in [1.54, 1.807) is 12.4 Å². The van der Waals surface area contributed by atoms with Crippen LogP contribution in [0.1, 0.15) is 24.5 Å². The van der Waals surface area contributed by atoms with Gasteiger partial charge in [0.15, 0.2) is 0 Å². The van der Waals surface area contributed by atoms with Gasteiger partial charge in [-0.3, -0.25) is 4.98 Å². The molecule has 1 N–H and O–H groups in total. The zero-order valence-electron chi connectivity index (χ0n) is 7.33. The molecule has 2 heterocycles. The maximum atomic E-state index is 5.66. The number of nitrogens with zero attached hydrogens (tertiary/aromatic N) is 2. The Morgan fingerprint density at radius 3 is 2.92 bits per heavy atom. The molecule has 13 heavy (non-hydrogen) atoms. The molecule has 0 aromatic carbocycles. The summed E-state index contributed by atoms with van der Waals surface area (Å²) in [5.74, 6) is 0.513. The molecule has 1 saturated heterocycles. The van der Waals surface area contributed by atoms with Crippen LogP contribution in [-0.4, -0.2) is 23.1 Å². The third kappa shape index (κ3) is 2.17. The predicted molar refractivity (Wildman–Crippen MR) is 51.9 cm³/mol. The van der Waals surface area contributed by atoms with E-state index in [0.29, 0.717) is 11.1 Å². The predicted octanol–water partition coefficient (Wildman–Crippen LogP) is 1.60. The molecule has 1 atom stereocenters. The summed E-state index contributed by atoms with van der Waals surface area (Å²) in [5, 5.41) is 3.81. The van der Waals surface area contributed by atoms with Crippen molar-refractivity contribution in [1.29, 1.82) is 0 Å². The first-order chi connectivity index (χ1) is 6.36. The van der Waals surface area contributed by atoms with Crippen LogP contribution in [-0.2, 0) is 0 Å². The molecule has 0 radical (unpaired) electrons. The molecule has 1 aromatic heterocycles. The second-order valence-electron chi connectivity index (χ2n) is 3.31. The molecule has 0 amide bonds. The van der Waals surface area contributed by atoms with Gasteiger partial charge in [-0.25, -0.2) is 4.98 Å². The normalized spacial score (nSPS) is 23.0. The molecule has 4 heteroatoms. The van der Waals surface area contributed by atoms with Gasteiger partial charge in [-0.2, -0.15) is 0 Å². The van der Waals surface area contributed by atoms with E-state index in [9.17, 15) is 0 Å². The standard InChI is InChI=1S/C9H12ClN3/c10-9-6-12-8(5-13-9)7-2-1-3-11-4-7/h5-7,11H,1-4H2. The highest BCUT2D eigenvalue weighted by Gasteiger charge is 2.16. The van der Waals surface area contributed by atoms with Crippen molar-refractivity contribution in [2.45, 2.75) is 18.8 Å². The topological polar surface area (TPSA) is 37.8 Å². The summed E-state index contributed by atoms with van der Waals surface area (Å²) >= 11 is 5.66. The fourth-order valence-corrected chi connectivity index (χ4v) is 1.73. The highest BCUT2D eigenvalue weighted by atomic mass is 35.5. The van der Waals surface area contributed by atoms with E-state index in [1.165, 1.54) is 12.8 Å². The summed E-state index contributed by atoms with van der Waals surface area (Å²) in [6, 6.07) is 0. The van der Waals surface area contributed by atoms with Gasteiger partial charge >= 0.3 is 0 Å². The number of hydrogen-bond acceptors (Lipinski definition) is 3. The molecule has 1 fully saturated rings. The van der Waals surface area contributed by atoms with Gasteiger partial charge in [0.25, 0.3) is 0 Å². The van der Waals surface area contributed by atoms with Crippen LogP contribution in [0.25, 0.3) is 0 Å². The highest BCUT2D eigenvalue weighted by Crippen LogP contribution is 2.20. The molecule has 70 valence electrons. The Morgan fingerprint density at radius 1 is 1.38 bits per heavy atom. The van der Waals surface area contributed by atoms with E-state index in [2.05, 4.69) is 15.3 Å². The molecule has 0 bridgehead atoms. The second-order valence-corrected chi connectivity index (χ2v) is 3.69. The van der Waals surface area contributed by atoms with Crippen LogP contribution in [0, 0.1) is 0 Å². The van der Waals surface area contributed by atoms with Crippen molar-refractivity contribution in [3.63, 3.8) is 0 Å². The van der Waals surface area contributed by atoms with Gasteiger partial charge in [-0.05, 0) is 19.4 Å². The summed E-state index contributed by atoms with van der Waals surface area (Å²) in [6.07, 6.45) is 5.81. The minimum atomic E-state index is 0.465. The molecule has 1 aliphatic heterocycles. The smallest absolute Gasteiger partial charge is 0.147 e. The van der Waals surface area contributed by atoms with Crippen LogP contribution in [0.3, 0.4) is 0 Å². The molecule has 0 spiro atoms. The Kier molecular flexibility index (Phi) is 2.76. The molecule has 3 nitrogen and oxygen atoms in total. The number of nitrogens with one attached hydrogen (secondary N) is 1. The summed E-state index contributed by atoms with van der Waals surface area (Å²) in [5.41, 5.74) is 1.05. The van der Waals surface area contributed by atoms with Crippen LogP contribution in [0.15, 0.2) is 12.4 Å². The third-order valence-corrected chi connectivity index (χ3v) is 2.55. The van der Waals surface area contributed by atoms with E-state index in [1.807, 2.05) is 0 Å². The van der Waals surface area contributed by atoms with Crippen molar-refractivity contribution in [1.82, 2.24) is 15.3 Å². The number of hydrogen-bond donors (Lipinski definition) is 1. The van der Waals surface area contributed by atoms with Gasteiger partial charge in [0.2, 0.25) is 0 Å². The molecule has 0 aliphatic carbocycles. The maximum absolute atomic E-state index is 5.66. The Labute approximate surface area is 82.5 Å². The van der Waals surface area contributed by atoms with Crippen LogP contribution in [0.2, 0.25) is 5.15 Å². The van der Waals surface area contributed by atoms with Gasteiger partial charge in [0.1, 0.15) is 5.15 Å². The van der Waals surface area contributed by atoms with E-state index < -0.39 is 0 Å². The Bertz CT molecular complexity index is 267. The molecular weight excluding hydrogens is 186 g/mol. The van der Waals surface area contributed by atoms with Crippen molar-refractivity contribution < 1.29 is 0 Å². The van der Waals surface area contributed by atoms with E-state index >= 15 is 0 Å². The first-order valence-electron chi connectivity index (χ1n) is 4.54. The van der Waals surface area contributed by atoms with Crippen LogP contribution in [0.4, 0.5) is 0 Å². The molecular formula is C9H12ClN3. The summed E-state index contributed by atoms with van der Waals surface area (Å²) in [7, 11) is 0. The van der Waals surface area contributed by atoms with Gasteiger partial charge < -0.3 is 5.32 Å². The van der Waals surface area contributed by atoms with Crippen molar-refractivity contribution in [3.05, 3.63) is 23.2 Å². The Morgan fingerprint density at radius 2 is 2.31 bits per heavy atom. The second kappa shape index (κ2) is 4.03. The van der Waals surface area contributed by atoms with E-state index in [0.717, 1.165) is 18.8 Å². The fraction of sp³-hybridized carbons (Fsp3) is 0.556. The first kappa shape index (κ1) is 8.91. The number of rotatable bonds is 1. The first-order valence-corrected chi connectivity index (χ1v) is 4.92. The SMILES string of the molecule is Clc1cnc(C2CCCNC2)cn1. The largest absolute Gasteiger partial charge is 0.316 e. The lowest BCUT2D eigenvalue weighted by molar-refractivity contribution is 0.453. The van der Waals surface area contributed by atoms with Crippen LogP contribution < -0.4 is 5.32 Å². The highest BCUT2D eigenvalue weighted by molar-refractivity contribution is 6.29. The average Bonchev–Trinajstić information content (AvgIpc) is 2.20. The van der Waals surface area contributed by atoms with Gasteiger partial charge in [0.05, 0.1) is 18.1 Å². The van der Waals surface area contributed by atoms with Gasteiger partial charge in [-0.1, -0.05) is 11.6 Å². The van der Waals surface area contributed by atoms with Crippen molar-refractivity contribution >= 4 is 11.6 Å². The minimum absolute atomic E-state index is 0.465. The third-order valence-electron chi connectivity index (χ3n) is 2.36. The lowest BCUT2D eigenvalue weighted by atomic mass is 9.97. The lowest BCUT2D eigenvalue weighted by Gasteiger charge is -2.21.